The predicted molar refractivity (Wildman–Crippen MR) is 48.0 cm³/mol. The lowest BCUT2D eigenvalue weighted by Crippen LogP contribution is -1.97. The van der Waals surface area contributed by atoms with Gasteiger partial charge in [0.15, 0.2) is 0 Å². The summed E-state index contributed by atoms with van der Waals surface area (Å²) in [5.41, 5.74) is -0.336. The van der Waals surface area contributed by atoms with Crippen LogP contribution >= 0.6 is 0 Å². The Labute approximate surface area is 77.6 Å². The van der Waals surface area contributed by atoms with E-state index >= 15 is 0 Å². The molecular weight excluding hydrogens is 167 g/mol. The van der Waals surface area contributed by atoms with E-state index in [-0.39, 0.29) is 17.1 Å². The fourth-order valence-electron chi connectivity index (χ4n) is 0.747. The van der Waals surface area contributed by atoms with Gasteiger partial charge in [0.1, 0.15) is 17.5 Å². The first-order valence-corrected chi connectivity index (χ1v) is 3.97. The molecule has 0 unspecified atom stereocenters. The minimum absolute atomic E-state index is 0.111. The smallest absolute Gasteiger partial charge is 0.122 e. The summed E-state index contributed by atoms with van der Waals surface area (Å²) >= 11 is 0. The molecule has 0 aliphatic carbocycles. The SMILES string of the molecule is C=C(C#N)/C(C#N)=C(/F)[C@@H](C)CC. The number of hydrogen-bond donors (Lipinski definition) is 0. The summed E-state index contributed by atoms with van der Waals surface area (Å²) in [5.74, 6) is -0.878. The Morgan fingerprint density at radius 2 is 2.00 bits per heavy atom. The van der Waals surface area contributed by atoms with Crippen molar-refractivity contribution in [3.05, 3.63) is 23.6 Å². The van der Waals surface area contributed by atoms with Crippen molar-refractivity contribution in [2.45, 2.75) is 20.3 Å². The summed E-state index contributed by atoms with van der Waals surface area (Å²) in [5, 5.41) is 17.0. The number of halogens is 1. The molecule has 0 rings (SSSR count). The fraction of sp³-hybridized carbons (Fsp3) is 0.400. The van der Waals surface area contributed by atoms with Gasteiger partial charge in [-0.15, -0.1) is 0 Å². The van der Waals surface area contributed by atoms with Gasteiger partial charge < -0.3 is 0 Å². The summed E-state index contributed by atoms with van der Waals surface area (Å²) in [7, 11) is 0. The third kappa shape index (κ3) is 2.72. The highest BCUT2D eigenvalue weighted by Crippen LogP contribution is 2.22. The Hall–Kier alpha value is -1.61. The Balaban J connectivity index is 5.07. The van der Waals surface area contributed by atoms with Crippen LogP contribution in [-0.2, 0) is 0 Å². The minimum atomic E-state index is -0.545. The lowest BCUT2D eigenvalue weighted by Gasteiger charge is -2.06. The molecular formula is C10H11FN2. The van der Waals surface area contributed by atoms with E-state index < -0.39 is 5.83 Å². The molecule has 0 saturated heterocycles. The van der Waals surface area contributed by atoms with E-state index in [1.165, 1.54) is 0 Å². The molecule has 0 N–H and O–H groups in total. The van der Waals surface area contributed by atoms with E-state index in [1.54, 1.807) is 19.1 Å². The molecule has 0 radical (unpaired) electrons. The monoisotopic (exact) mass is 178 g/mol. The topological polar surface area (TPSA) is 47.6 Å². The lowest BCUT2D eigenvalue weighted by atomic mass is 10.0. The summed E-state index contributed by atoms with van der Waals surface area (Å²) in [6.45, 7) is 6.78. The molecule has 0 aromatic heterocycles. The van der Waals surface area contributed by atoms with Gasteiger partial charge in [-0.3, -0.25) is 0 Å². The van der Waals surface area contributed by atoms with E-state index in [2.05, 4.69) is 6.58 Å². The van der Waals surface area contributed by atoms with Crippen molar-refractivity contribution in [2.75, 3.05) is 0 Å². The standard InChI is InChI=1S/C10H11FN2/c1-4-7(2)10(11)9(6-13)8(3)5-12/h7H,3-4H2,1-2H3/b10-9+/t7-/m0/s1. The van der Waals surface area contributed by atoms with E-state index in [0.29, 0.717) is 6.42 Å². The number of nitrogens with zero attached hydrogens (tertiary/aromatic N) is 2. The van der Waals surface area contributed by atoms with Crippen molar-refractivity contribution in [3.63, 3.8) is 0 Å². The predicted octanol–water partition coefficient (Wildman–Crippen LogP) is 2.86. The second-order valence-electron chi connectivity index (χ2n) is 2.73. The van der Waals surface area contributed by atoms with Crippen LogP contribution in [0, 0.1) is 28.6 Å². The van der Waals surface area contributed by atoms with Crippen molar-refractivity contribution in [1.82, 2.24) is 0 Å². The quantitative estimate of drug-likeness (QED) is 0.492. The molecule has 1 atom stereocenters. The Morgan fingerprint density at radius 3 is 2.31 bits per heavy atom. The molecule has 0 heterocycles. The van der Waals surface area contributed by atoms with Crippen LogP contribution in [0.4, 0.5) is 4.39 Å². The average molecular weight is 178 g/mol. The molecule has 0 aliphatic heterocycles. The van der Waals surface area contributed by atoms with Crippen molar-refractivity contribution in [1.29, 1.82) is 10.5 Å². The van der Waals surface area contributed by atoms with Crippen LogP contribution in [0.15, 0.2) is 23.6 Å². The largest absolute Gasteiger partial charge is 0.210 e. The number of rotatable bonds is 3. The highest BCUT2D eigenvalue weighted by Gasteiger charge is 2.14. The molecule has 2 nitrogen and oxygen atoms in total. The maximum Gasteiger partial charge on any atom is 0.122 e. The highest BCUT2D eigenvalue weighted by molar-refractivity contribution is 5.49. The summed E-state index contributed by atoms with van der Waals surface area (Å²) < 4.78 is 13.3. The summed E-state index contributed by atoms with van der Waals surface area (Å²) in [6.07, 6.45) is 0.593. The first kappa shape index (κ1) is 11.4. The van der Waals surface area contributed by atoms with Gasteiger partial charge in [-0.05, 0) is 6.42 Å². The van der Waals surface area contributed by atoms with Gasteiger partial charge in [-0.1, -0.05) is 20.4 Å². The number of nitriles is 2. The lowest BCUT2D eigenvalue weighted by molar-refractivity contribution is 0.478. The van der Waals surface area contributed by atoms with Crippen molar-refractivity contribution in [2.24, 2.45) is 5.92 Å². The zero-order valence-electron chi connectivity index (χ0n) is 7.76. The summed E-state index contributed by atoms with van der Waals surface area (Å²) in [4.78, 5) is 0. The zero-order chi connectivity index (χ0) is 10.4. The van der Waals surface area contributed by atoms with Crippen molar-refractivity contribution >= 4 is 0 Å². The maximum atomic E-state index is 13.3. The molecule has 0 saturated carbocycles. The van der Waals surface area contributed by atoms with E-state index in [9.17, 15) is 4.39 Å². The van der Waals surface area contributed by atoms with Crippen LogP contribution in [0.3, 0.4) is 0 Å². The first-order chi connectivity index (χ1) is 6.08. The van der Waals surface area contributed by atoms with Crippen LogP contribution in [0.5, 0.6) is 0 Å². The third-order valence-corrected chi connectivity index (χ3v) is 1.83. The number of hydrogen-bond acceptors (Lipinski definition) is 2. The van der Waals surface area contributed by atoms with E-state index in [4.69, 9.17) is 10.5 Å². The fourth-order valence-corrected chi connectivity index (χ4v) is 0.747. The van der Waals surface area contributed by atoms with Gasteiger partial charge in [0.25, 0.3) is 0 Å². The second kappa shape index (κ2) is 5.11. The molecule has 3 heteroatoms. The first-order valence-electron chi connectivity index (χ1n) is 3.97. The molecule has 68 valence electrons. The molecule has 0 spiro atoms. The molecule has 0 fully saturated rings. The zero-order valence-corrected chi connectivity index (χ0v) is 7.76. The van der Waals surface area contributed by atoms with Crippen LogP contribution in [0.2, 0.25) is 0 Å². The van der Waals surface area contributed by atoms with Crippen LogP contribution in [0.25, 0.3) is 0 Å². The maximum absolute atomic E-state index is 13.3. The van der Waals surface area contributed by atoms with Gasteiger partial charge in [-0.25, -0.2) is 4.39 Å². The van der Waals surface area contributed by atoms with Gasteiger partial charge in [0.2, 0.25) is 0 Å². The number of allylic oxidation sites excluding steroid dienone is 3. The minimum Gasteiger partial charge on any atom is -0.210 e. The van der Waals surface area contributed by atoms with Crippen molar-refractivity contribution in [3.8, 4) is 12.1 Å². The Kier molecular flexibility index (Phi) is 4.48. The van der Waals surface area contributed by atoms with Crippen LogP contribution in [0.1, 0.15) is 20.3 Å². The molecule has 0 aromatic rings. The Morgan fingerprint density at radius 1 is 1.46 bits per heavy atom. The van der Waals surface area contributed by atoms with E-state index in [0.717, 1.165) is 0 Å². The molecule has 13 heavy (non-hydrogen) atoms. The van der Waals surface area contributed by atoms with Gasteiger partial charge in [0.05, 0.1) is 11.6 Å². The van der Waals surface area contributed by atoms with Crippen molar-refractivity contribution < 1.29 is 4.39 Å². The normalized spacial score (nSPS) is 13.6. The van der Waals surface area contributed by atoms with E-state index in [1.807, 2.05) is 6.92 Å². The Bertz CT molecular complexity index is 315. The molecule has 0 bridgehead atoms. The molecule has 0 aliphatic rings. The van der Waals surface area contributed by atoms with Crippen LogP contribution in [-0.4, -0.2) is 0 Å². The highest BCUT2D eigenvalue weighted by atomic mass is 19.1. The van der Waals surface area contributed by atoms with Gasteiger partial charge in [0, 0.05) is 5.92 Å². The van der Waals surface area contributed by atoms with Gasteiger partial charge >= 0.3 is 0 Å². The average Bonchev–Trinajstić information content (AvgIpc) is 2.17. The molecule has 0 amide bonds. The second-order valence-corrected chi connectivity index (χ2v) is 2.73. The summed E-state index contributed by atoms with van der Waals surface area (Å²) in [6, 6.07) is 3.31. The molecule has 0 aromatic carbocycles. The third-order valence-electron chi connectivity index (χ3n) is 1.83. The van der Waals surface area contributed by atoms with Crippen LogP contribution < -0.4 is 0 Å². The van der Waals surface area contributed by atoms with Gasteiger partial charge in [-0.2, -0.15) is 10.5 Å².